The van der Waals surface area contributed by atoms with Gasteiger partial charge < -0.3 is 5.11 Å². The van der Waals surface area contributed by atoms with Crippen LogP contribution in [0.3, 0.4) is 0 Å². The maximum absolute atomic E-state index is 12.3. The Morgan fingerprint density at radius 3 is 1.39 bits per heavy atom. The molecule has 0 atom stereocenters. The predicted molar refractivity (Wildman–Crippen MR) is 150 cm³/mol. The minimum Gasteiger partial charge on any atom is -0.478 e. The van der Waals surface area contributed by atoms with Gasteiger partial charge in [0.05, 0.1) is 5.56 Å². The predicted octanol–water partition coefficient (Wildman–Crippen LogP) is 7.51. The van der Waals surface area contributed by atoms with Crippen LogP contribution in [-0.4, -0.2) is 22.6 Å². The Bertz CT molecular complexity index is 1540. The molecule has 5 aromatic rings. The Kier molecular flexibility index (Phi) is 8.37. The van der Waals surface area contributed by atoms with E-state index in [4.69, 9.17) is 5.11 Å². The number of rotatable bonds is 6. The third kappa shape index (κ3) is 6.18. The van der Waals surface area contributed by atoms with Crippen LogP contribution in [0.4, 0.5) is 0 Å². The molecule has 0 saturated carbocycles. The molecule has 0 aliphatic rings. The van der Waals surface area contributed by atoms with Crippen LogP contribution >= 0.6 is 0 Å². The van der Waals surface area contributed by atoms with Gasteiger partial charge in [-0.1, -0.05) is 127 Å². The second kappa shape index (κ2) is 12.2. The highest BCUT2D eigenvalue weighted by Gasteiger charge is 2.16. The summed E-state index contributed by atoms with van der Waals surface area (Å²) in [5.41, 5.74) is 5.37. The van der Waals surface area contributed by atoms with Gasteiger partial charge in [-0.25, -0.2) is 4.79 Å². The Morgan fingerprint density at radius 2 is 0.868 bits per heavy atom. The van der Waals surface area contributed by atoms with Gasteiger partial charge >= 0.3 is 5.97 Å². The van der Waals surface area contributed by atoms with Crippen LogP contribution < -0.4 is 0 Å². The monoisotopic (exact) mass is 498 g/mol. The lowest BCUT2D eigenvalue weighted by Crippen LogP contribution is -2.08. The van der Waals surface area contributed by atoms with Crippen molar-refractivity contribution in [3.63, 3.8) is 0 Å². The molecular weight excluding hydrogens is 472 g/mol. The molecule has 5 rings (SSSR count). The Morgan fingerprint density at radius 1 is 0.447 bits per heavy atom. The summed E-state index contributed by atoms with van der Waals surface area (Å²) in [6.45, 7) is 1.65. The van der Waals surface area contributed by atoms with Crippen LogP contribution in [0.5, 0.6) is 0 Å². The number of carboxylic acids is 1. The van der Waals surface area contributed by atoms with Crippen molar-refractivity contribution in [1.82, 2.24) is 0 Å². The summed E-state index contributed by atoms with van der Waals surface area (Å²) in [6, 6.07) is 40.8. The van der Waals surface area contributed by atoms with Crippen LogP contribution in [0.2, 0.25) is 0 Å². The first kappa shape index (κ1) is 26.0. The molecule has 0 spiro atoms. The summed E-state index contributed by atoms with van der Waals surface area (Å²) >= 11 is 0. The molecule has 0 heterocycles. The van der Waals surface area contributed by atoms with Gasteiger partial charge in [-0.05, 0) is 29.7 Å². The number of hydrogen-bond donors (Lipinski definition) is 1. The molecule has 1 N–H and O–H groups in total. The maximum Gasteiger partial charge on any atom is 0.335 e. The number of carbonyl (C=O) groups is 3. The Labute approximate surface area is 221 Å². The second-order valence-corrected chi connectivity index (χ2v) is 8.62. The molecule has 0 radical (unpaired) electrons. The van der Waals surface area contributed by atoms with Crippen molar-refractivity contribution in [2.75, 3.05) is 0 Å². The van der Waals surface area contributed by atoms with Crippen molar-refractivity contribution in [3.05, 3.63) is 167 Å². The summed E-state index contributed by atoms with van der Waals surface area (Å²) in [5.74, 6) is -1.11. The first-order chi connectivity index (χ1) is 18.5. The van der Waals surface area contributed by atoms with Crippen molar-refractivity contribution in [2.24, 2.45) is 0 Å². The topological polar surface area (TPSA) is 71.4 Å². The van der Waals surface area contributed by atoms with E-state index in [1.165, 1.54) is 6.07 Å². The molecule has 5 aromatic carbocycles. The highest BCUT2D eigenvalue weighted by Crippen LogP contribution is 2.21. The van der Waals surface area contributed by atoms with Gasteiger partial charge in [0, 0.05) is 22.3 Å². The molecule has 4 nitrogen and oxygen atoms in total. The van der Waals surface area contributed by atoms with Crippen LogP contribution in [0, 0.1) is 6.92 Å². The van der Waals surface area contributed by atoms with Gasteiger partial charge in [-0.15, -0.1) is 0 Å². The molecule has 0 aromatic heterocycles. The van der Waals surface area contributed by atoms with E-state index < -0.39 is 5.97 Å². The molecule has 0 aliphatic heterocycles. The quantitative estimate of drug-likeness (QED) is 0.246. The fourth-order valence-electron chi connectivity index (χ4n) is 4.06. The first-order valence-electron chi connectivity index (χ1n) is 12.1. The number of hydrogen-bond acceptors (Lipinski definition) is 3. The largest absolute Gasteiger partial charge is 0.478 e. The standard InChI is InChI=1S/C19H14O.C15H12O3/c20-19(17-9-5-2-6-10-17)18-13-11-16(12-14-18)15-7-3-1-4-8-15;1-10-12(8-5-9-13(10)15(17)18)14(16)11-6-3-2-4-7-11/h1-14H;2-9H,1H3,(H,17,18). The van der Waals surface area contributed by atoms with Gasteiger partial charge in [0.15, 0.2) is 11.6 Å². The van der Waals surface area contributed by atoms with Crippen LogP contribution in [-0.2, 0) is 0 Å². The van der Waals surface area contributed by atoms with Gasteiger partial charge in [0.25, 0.3) is 0 Å². The molecule has 0 aliphatic carbocycles. The molecule has 0 fully saturated rings. The Balaban J connectivity index is 0.000000178. The van der Waals surface area contributed by atoms with E-state index in [9.17, 15) is 14.4 Å². The third-order valence-corrected chi connectivity index (χ3v) is 6.13. The molecule has 0 saturated heterocycles. The van der Waals surface area contributed by atoms with Crippen LogP contribution in [0.15, 0.2) is 133 Å². The lowest BCUT2D eigenvalue weighted by molar-refractivity contribution is 0.0696. The van der Waals surface area contributed by atoms with Gasteiger partial charge in [-0.2, -0.15) is 0 Å². The first-order valence-corrected chi connectivity index (χ1v) is 12.1. The van der Waals surface area contributed by atoms with E-state index in [0.29, 0.717) is 16.7 Å². The van der Waals surface area contributed by atoms with E-state index in [0.717, 1.165) is 22.3 Å². The van der Waals surface area contributed by atoms with Gasteiger partial charge in [-0.3, -0.25) is 9.59 Å². The van der Waals surface area contributed by atoms with E-state index in [1.807, 2.05) is 78.9 Å². The third-order valence-electron chi connectivity index (χ3n) is 6.13. The minimum atomic E-state index is -1.02. The summed E-state index contributed by atoms with van der Waals surface area (Å²) in [7, 11) is 0. The van der Waals surface area contributed by atoms with E-state index in [2.05, 4.69) is 12.1 Å². The zero-order valence-corrected chi connectivity index (χ0v) is 20.9. The van der Waals surface area contributed by atoms with E-state index >= 15 is 0 Å². The lowest BCUT2D eigenvalue weighted by atomic mass is 9.96. The minimum absolute atomic E-state index is 0.0604. The second-order valence-electron chi connectivity index (χ2n) is 8.62. The van der Waals surface area contributed by atoms with Crippen LogP contribution in [0.1, 0.15) is 47.8 Å². The summed E-state index contributed by atoms with van der Waals surface area (Å²) in [4.78, 5) is 35.6. The fraction of sp³-hybridized carbons (Fsp3) is 0.0294. The number of aromatic carboxylic acids is 1. The van der Waals surface area contributed by atoms with Crippen molar-refractivity contribution in [1.29, 1.82) is 0 Å². The molecule has 0 amide bonds. The summed E-state index contributed by atoms with van der Waals surface area (Å²) in [5, 5.41) is 9.03. The average molecular weight is 499 g/mol. The van der Waals surface area contributed by atoms with Gasteiger partial charge in [0.1, 0.15) is 0 Å². The molecule has 186 valence electrons. The summed E-state index contributed by atoms with van der Waals surface area (Å²) < 4.78 is 0. The fourth-order valence-corrected chi connectivity index (χ4v) is 4.06. The zero-order chi connectivity index (χ0) is 26.9. The molecule has 0 unspecified atom stereocenters. The average Bonchev–Trinajstić information content (AvgIpc) is 2.98. The molecular formula is C34H26O4. The van der Waals surface area contributed by atoms with Crippen molar-refractivity contribution in [2.45, 2.75) is 6.92 Å². The highest BCUT2D eigenvalue weighted by molar-refractivity contribution is 6.11. The lowest BCUT2D eigenvalue weighted by Gasteiger charge is -2.07. The number of carboxylic acid groups (broad SMARTS) is 1. The SMILES string of the molecule is Cc1c(C(=O)O)cccc1C(=O)c1ccccc1.O=C(c1ccccc1)c1ccc(-c2ccccc2)cc1. The maximum atomic E-state index is 12.3. The van der Waals surface area contributed by atoms with Gasteiger partial charge in [0.2, 0.25) is 0 Å². The molecule has 0 bridgehead atoms. The number of carbonyl (C=O) groups excluding carboxylic acids is 2. The van der Waals surface area contributed by atoms with Crippen molar-refractivity contribution < 1.29 is 19.5 Å². The summed E-state index contributed by atoms with van der Waals surface area (Å²) in [6.07, 6.45) is 0. The molecule has 4 heteroatoms. The van der Waals surface area contributed by atoms with Crippen LogP contribution in [0.25, 0.3) is 11.1 Å². The number of ketones is 2. The number of benzene rings is 5. The zero-order valence-electron chi connectivity index (χ0n) is 20.9. The highest BCUT2D eigenvalue weighted by atomic mass is 16.4. The van der Waals surface area contributed by atoms with E-state index in [-0.39, 0.29) is 17.1 Å². The molecule has 38 heavy (non-hydrogen) atoms. The van der Waals surface area contributed by atoms with Crippen molar-refractivity contribution >= 4 is 17.5 Å². The Hall–Kier alpha value is -5.09. The van der Waals surface area contributed by atoms with Crippen molar-refractivity contribution in [3.8, 4) is 11.1 Å². The van der Waals surface area contributed by atoms with E-state index in [1.54, 1.807) is 43.3 Å². The smallest absolute Gasteiger partial charge is 0.335 e. The normalized spacial score (nSPS) is 10.1.